The number of pyridine rings is 1. The predicted molar refractivity (Wildman–Crippen MR) is 38.3 cm³/mol. The first-order valence-corrected chi connectivity index (χ1v) is 3.08. The van der Waals surface area contributed by atoms with E-state index in [1.807, 2.05) is 6.07 Å². The monoisotopic (exact) mass is 134 g/mol. The van der Waals surface area contributed by atoms with Gasteiger partial charge in [0.15, 0.2) is 0 Å². The summed E-state index contributed by atoms with van der Waals surface area (Å²) < 4.78 is 1.56. The molecule has 50 valence electrons. The Bertz CT molecular complexity index is 338. The molecule has 2 rings (SSSR count). The van der Waals surface area contributed by atoms with Gasteiger partial charge in [0, 0.05) is 11.8 Å². The molecule has 1 aliphatic heterocycles. The van der Waals surface area contributed by atoms with Crippen molar-refractivity contribution in [2.45, 2.75) is 6.54 Å². The van der Waals surface area contributed by atoms with Crippen LogP contribution in [-0.4, -0.2) is 10.9 Å². The molecule has 0 amide bonds. The highest BCUT2D eigenvalue weighted by Gasteiger charge is 2.03. The van der Waals surface area contributed by atoms with Gasteiger partial charge in [0.25, 0.3) is 5.56 Å². The second kappa shape index (κ2) is 1.80. The van der Waals surface area contributed by atoms with Crippen molar-refractivity contribution in [3.8, 4) is 0 Å². The van der Waals surface area contributed by atoms with E-state index in [0.717, 1.165) is 5.69 Å². The van der Waals surface area contributed by atoms with Crippen molar-refractivity contribution in [1.82, 2.24) is 4.57 Å². The summed E-state index contributed by atoms with van der Waals surface area (Å²) in [5, 5.41) is 0. The Morgan fingerprint density at radius 2 is 2.40 bits per heavy atom. The van der Waals surface area contributed by atoms with Gasteiger partial charge in [-0.15, -0.1) is 0 Å². The van der Waals surface area contributed by atoms with Crippen LogP contribution in [0.2, 0.25) is 0 Å². The second-order valence-corrected chi connectivity index (χ2v) is 2.18. The SMILES string of the molecule is O=c1cccc2n1C=NC2. The summed E-state index contributed by atoms with van der Waals surface area (Å²) in [6.45, 7) is 0.635. The van der Waals surface area contributed by atoms with Crippen molar-refractivity contribution in [2.24, 2.45) is 4.99 Å². The molecule has 0 saturated carbocycles. The van der Waals surface area contributed by atoms with Gasteiger partial charge in [0.1, 0.15) is 0 Å². The Balaban J connectivity index is 2.79. The maximum absolute atomic E-state index is 11.0. The minimum atomic E-state index is -0.00116. The molecule has 0 fully saturated rings. The highest BCUT2D eigenvalue weighted by Crippen LogP contribution is 2.01. The average molecular weight is 134 g/mol. The summed E-state index contributed by atoms with van der Waals surface area (Å²) in [7, 11) is 0. The van der Waals surface area contributed by atoms with E-state index in [1.54, 1.807) is 17.0 Å². The molecule has 0 unspecified atom stereocenters. The van der Waals surface area contributed by atoms with Gasteiger partial charge < -0.3 is 0 Å². The summed E-state index contributed by atoms with van der Waals surface area (Å²) in [6.07, 6.45) is 1.57. The Kier molecular flexibility index (Phi) is 0.974. The largest absolute Gasteiger partial charge is 0.270 e. The minimum absolute atomic E-state index is 0.00116. The predicted octanol–water partition coefficient (Wildman–Crippen LogP) is 0.238. The number of nitrogens with zero attached hydrogens (tertiary/aromatic N) is 2. The van der Waals surface area contributed by atoms with E-state index >= 15 is 0 Å². The van der Waals surface area contributed by atoms with E-state index in [2.05, 4.69) is 4.99 Å². The summed E-state index contributed by atoms with van der Waals surface area (Å²) >= 11 is 0. The van der Waals surface area contributed by atoms with Crippen molar-refractivity contribution >= 4 is 6.34 Å². The standard InChI is InChI=1S/C7H6N2O/c10-7-3-1-2-6-4-8-5-9(6)7/h1-3,5H,4H2. The maximum Gasteiger partial charge on any atom is 0.256 e. The van der Waals surface area contributed by atoms with Gasteiger partial charge in [-0.2, -0.15) is 0 Å². The molecule has 0 saturated heterocycles. The molecule has 1 aromatic rings. The van der Waals surface area contributed by atoms with E-state index in [-0.39, 0.29) is 5.56 Å². The molecule has 0 bridgehead atoms. The molecule has 0 N–H and O–H groups in total. The molecule has 10 heavy (non-hydrogen) atoms. The maximum atomic E-state index is 11.0. The van der Waals surface area contributed by atoms with Crippen LogP contribution in [-0.2, 0) is 6.54 Å². The molecule has 0 radical (unpaired) electrons. The lowest BCUT2D eigenvalue weighted by molar-refractivity contribution is 0.983. The number of fused-ring (bicyclic) bond motifs is 1. The van der Waals surface area contributed by atoms with Crippen LogP contribution in [0.25, 0.3) is 0 Å². The number of hydrogen-bond donors (Lipinski definition) is 0. The highest BCUT2D eigenvalue weighted by molar-refractivity contribution is 5.62. The van der Waals surface area contributed by atoms with Gasteiger partial charge in [0.05, 0.1) is 12.9 Å². The lowest BCUT2D eigenvalue weighted by Crippen LogP contribution is -2.17. The average Bonchev–Trinajstić information content (AvgIpc) is 2.36. The molecular formula is C7H6N2O. The number of aliphatic imine (C=N–C) groups is 1. The lowest BCUT2D eigenvalue weighted by Gasteiger charge is -1.95. The van der Waals surface area contributed by atoms with Crippen molar-refractivity contribution in [1.29, 1.82) is 0 Å². The third kappa shape index (κ3) is 0.603. The zero-order valence-corrected chi connectivity index (χ0v) is 5.32. The summed E-state index contributed by atoms with van der Waals surface area (Å²) in [4.78, 5) is 14.9. The molecule has 0 spiro atoms. The fourth-order valence-electron chi connectivity index (χ4n) is 1.02. The van der Waals surface area contributed by atoms with Crippen molar-refractivity contribution in [3.63, 3.8) is 0 Å². The van der Waals surface area contributed by atoms with E-state index in [1.165, 1.54) is 6.07 Å². The van der Waals surface area contributed by atoms with Crippen molar-refractivity contribution in [3.05, 3.63) is 34.2 Å². The van der Waals surface area contributed by atoms with Crippen LogP contribution in [0, 0.1) is 0 Å². The van der Waals surface area contributed by atoms with Gasteiger partial charge in [0.2, 0.25) is 0 Å². The van der Waals surface area contributed by atoms with E-state index in [9.17, 15) is 4.79 Å². The van der Waals surface area contributed by atoms with E-state index < -0.39 is 0 Å². The normalized spacial score (nSPS) is 13.6. The summed E-state index contributed by atoms with van der Waals surface area (Å²) in [6, 6.07) is 5.18. The number of aromatic nitrogens is 1. The topological polar surface area (TPSA) is 34.4 Å². The van der Waals surface area contributed by atoms with Crippen molar-refractivity contribution < 1.29 is 0 Å². The fraction of sp³-hybridized carbons (Fsp3) is 0.143. The zero-order chi connectivity index (χ0) is 6.97. The molecule has 0 aliphatic carbocycles. The van der Waals surface area contributed by atoms with Crippen LogP contribution >= 0.6 is 0 Å². The first-order chi connectivity index (χ1) is 4.88. The third-order valence-electron chi connectivity index (χ3n) is 1.52. The van der Waals surface area contributed by atoms with Crippen LogP contribution in [0.4, 0.5) is 0 Å². The molecule has 1 aromatic heterocycles. The van der Waals surface area contributed by atoms with Gasteiger partial charge >= 0.3 is 0 Å². The fourth-order valence-corrected chi connectivity index (χ4v) is 1.02. The lowest BCUT2D eigenvalue weighted by atomic mass is 10.3. The molecular weight excluding hydrogens is 128 g/mol. The molecule has 3 nitrogen and oxygen atoms in total. The Morgan fingerprint density at radius 3 is 3.20 bits per heavy atom. The summed E-state index contributed by atoms with van der Waals surface area (Å²) in [5.41, 5.74) is 0.964. The molecule has 2 heterocycles. The van der Waals surface area contributed by atoms with Crippen LogP contribution in [0.15, 0.2) is 28.0 Å². The van der Waals surface area contributed by atoms with E-state index in [4.69, 9.17) is 0 Å². The Morgan fingerprint density at radius 1 is 1.50 bits per heavy atom. The Hall–Kier alpha value is -1.38. The highest BCUT2D eigenvalue weighted by atomic mass is 16.1. The number of rotatable bonds is 0. The van der Waals surface area contributed by atoms with Crippen molar-refractivity contribution in [2.75, 3.05) is 0 Å². The third-order valence-corrected chi connectivity index (χ3v) is 1.52. The quantitative estimate of drug-likeness (QED) is 0.500. The van der Waals surface area contributed by atoms with Crippen LogP contribution < -0.4 is 5.56 Å². The van der Waals surface area contributed by atoms with Gasteiger partial charge in [-0.3, -0.25) is 14.4 Å². The van der Waals surface area contributed by atoms with Gasteiger partial charge in [-0.05, 0) is 6.07 Å². The van der Waals surface area contributed by atoms with Crippen LogP contribution in [0.3, 0.4) is 0 Å². The smallest absolute Gasteiger partial charge is 0.256 e. The first-order valence-electron chi connectivity index (χ1n) is 3.08. The Labute approximate surface area is 57.6 Å². The molecule has 0 aromatic carbocycles. The number of hydrogen-bond acceptors (Lipinski definition) is 2. The van der Waals surface area contributed by atoms with Gasteiger partial charge in [-0.1, -0.05) is 6.07 Å². The van der Waals surface area contributed by atoms with Crippen LogP contribution in [0.1, 0.15) is 5.69 Å². The van der Waals surface area contributed by atoms with Crippen LogP contribution in [0.5, 0.6) is 0 Å². The zero-order valence-electron chi connectivity index (χ0n) is 5.32. The van der Waals surface area contributed by atoms with Gasteiger partial charge in [-0.25, -0.2) is 0 Å². The molecule has 1 aliphatic rings. The first kappa shape index (κ1) is 5.41. The molecule has 3 heteroatoms. The summed E-state index contributed by atoms with van der Waals surface area (Å²) in [5.74, 6) is 0. The second-order valence-electron chi connectivity index (χ2n) is 2.18. The minimum Gasteiger partial charge on any atom is -0.270 e. The molecule has 0 atom stereocenters. The van der Waals surface area contributed by atoms with E-state index in [0.29, 0.717) is 6.54 Å².